The number of carboxylic acid groups (broad SMARTS) is 1. The van der Waals surface area contributed by atoms with Crippen LogP contribution in [0.2, 0.25) is 0 Å². The molecule has 1 aliphatic heterocycles. The van der Waals surface area contributed by atoms with Gasteiger partial charge in [-0.3, -0.25) is 9.59 Å². The molecule has 1 aromatic rings. The lowest BCUT2D eigenvalue weighted by atomic mass is 9.90. The fourth-order valence-corrected chi connectivity index (χ4v) is 2.42. The quantitative estimate of drug-likeness (QED) is 0.867. The molecule has 0 spiro atoms. The molecule has 0 unspecified atom stereocenters. The molecule has 1 fully saturated rings. The van der Waals surface area contributed by atoms with E-state index in [4.69, 9.17) is 9.47 Å². The van der Waals surface area contributed by atoms with E-state index in [1.165, 1.54) is 4.90 Å². The van der Waals surface area contributed by atoms with E-state index in [1.54, 1.807) is 25.1 Å². The molecular weight excluding hydrogens is 286 g/mol. The Morgan fingerprint density at radius 2 is 1.91 bits per heavy atom. The summed E-state index contributed by atoms with van der Waals surface area (Å²) in [6, 6.07) is 7.16. The topological polar surface area (TPSA) is 76.1 Å². The van der Waals surface area contributed by atoms with Crippen molar-refractivity contribution < 1.29 is 24.2 Å². The molecule has 0 radical (unpaired) electrons. The molecule has 120 valence electrons. The lowest BCUT2D eigenvalue weighted by Gasteiger charge is -2.20. The molecule has 6 nitrogen and oxygen atoms in total. The van der Waals surface area contributed by atoms with E-state index >= 15 is 0 Å². The Balaban J connectivity index is 1.93. The van der Waals surface area contributed by atoms with Gasteiger partial charge in [-0.05, 0) is 32.4 Å². The molecule has 0 saturated carbocycles. The average Bonchev–Trinajstić information content (AvgIpc) is 2.90. The van der Waals surface area contributed by atoms with Gasteiger partial charge in [0.2, 0.25) is 0 Å². The van der Waals surface area contributed by atoms with Gasteiger partial charge in [0.1, 0.15) is 0 Å². The standard InChI is InChI=1S/C16H21NO5/c1-3-21-12-6-4-5-7-13(12)22-10-14(18)17-9-8-16(2,11-17)15(19)20/h4-7H,3,8-11H2,1-2H3,(H,19,20)/t16-/m0/s1. The van der Waals surface area contributed by atoms with Crippen LogP contribution in [0.4, 0.5) is 0 Å². The molecule has 0 aliphatic carbocycles. The SMILES string of the molecule is CCOc1ccccc1OCC(=O)N1CC[C@](C)(C(=O)O)C1. The molecule has 1 aromatic carbocycles. The number of ether oxygens (including phenoxy) is 2. The zero-order chi connectivity index (χ0) is 16.2. The molecule has 1 N–H and O–H groups in total. The van der Waals surface area contributed by atoms with Crippen LogP contribution >= 0.6 is 0 Å². The number of amides is 1. The Hall–Kier alpha value is -2.24. The number of carbonyl (C=O) groups is 2. The Bertz CT molecular complexity index is 559. The van der Waals surface area contributed by atoms with Crippen molar-refractivity contribution in [3.05, 3.63) is 24.3 Å². The average molecular weight is 307 g/mol. The number of hydrogen-bond acceptors (Lipinski definition) is 4. The highest BCUT2D eigenvalue weighted by molar-refractivity contribution is 5.81. The third-order valence-electron chi connectivity index (χ3n) is 3.84. The van der Waals surface area contributed by atoms with Crippen molar-refractivity contribution >= 4 is 11.9 Å². The number of aliphatic carboxylic acids is 1. The highest BCUT2D eigenvalue weighted by Gasteiger charge is 2.42. The molecule has 1 heterocycles. The fourth-order valence-electron chi connectivity index (χ4n) is 2.42. The number of rotatable bonds is 6. The van der Waals surface area contributed by atoms with Crippen molar-refractivity contribution in [3.63, 3.8) is 0 Å². The third kappa shape index (κ3) is 3.50. The van der Waals surface area contributed by atoms with Gasteiger partial charge >= 0.3 is 5.97 Å². The van der Waals surface area contributed by atoms with E-state index in [1.807, 2.05) is 13.0 Å². The van der Waals surface area contributed by atoms with Gasteiger partial charge < -0.3 is 19.5 Å². The second kappa shape index (κ2) is 6.68. The van der Waals surface area contributed by atoms with Crippen LogP contribution in [0.5, 0.6) is 11.5 Å². The minimum absolute atomic E-state index is 0.125. The summed E-state index contributed by atoms with van der Waals surface area (Å²) in [5.41, 5.74) is -0.862. The van der Waals surface area contributed by atoms with Crippen LogP contribution in [0.3, 0.4) is 0 Å². The summed E-state index contributed by atoms with van der Waals surface area (Å²) in [7, 11) is 0. The Kier molecular flexibility index (Phi) is 4.90. The molecule has 1 aliphatic rings. The molecule has 0 bridgehead atoms. The summed E-state index contributed by atoms with van der Waals surface area (Å²) in [6.07, 6.45) is 0.462. The molecule has 1 atom stereocenters. The van der Waals surface area contributed by atoms with Crippen LogP contribution < -0.4 is 9.47 Å². The van der Waals surface area contributed by atoms with Gasteiger partial charge in [-0.2, -0.15) is 0 Å². The van der Waals surface area contributed by atoms with Crippen LogP contribution in [0, 0.1) is 5.41 Å². The fraction of sp³-hybridized carbons (Fsp3) is 0.500. The third-order valence-corrected chi connectivity index (χ3v) is 3.84. The van der Waals surface area contributed by atoms with Gasteiger partial charge in [0.05, 0.1) is 12.0 Å². The zero-order valence-electron chi connectivity index (χ0n) is 12.9. The molecule has 1 amide bonds. The van der Waals surface area contributed by atoms with Crippen molar-refractivity contribution in [3.8, 4) is 11.5 Å². The predicted molar refractivity (Wildman–Crippen MR) is 80.0 cm³/mol. The zero-order valence-corrected chi connectivity index (χ0v) is 12.9. The van der Waals surface area contributed by atoms with E-state index in [0.29, 0.717) is 31.1 Å². The number of carboxylic acids is 1. The van der Waals surface area contributed by atoms with E-state index in [9.17, 15) is 14.7 Å². The van der Waals surface area contributed by atoms with Crippen LogP contribution in [-0.4, -0.2) is 48.2 Å². The van der Waals surface area contributed by atoms with Gasteiger partial charge in [0.25, 0.3) is 5.91 Å². The normalized spacial score (nSPS) is 20.7. The summed E-state index contributed by atoms with van der Waals surface area (Å²) in [5, 5.41) is 9.19. The van der Waals surface area contributed by atoms with Crippen molar-refractivity contribution in [2.24, 2.45) is 5.41 Å². The molecule has 6 heteroatoms. The van der Waals surface area contributed by atoms with E-state index < -0.39 is 11.4 Å². The number of carbonyl (C=O) groups excluding carboxylic acids is 1. The predicted octanol–water partition coefficient (Wildman–Crippen LogP) is 1.79. The van der Waals surface area contributed by atoms with E-state index in [0.717, 1.165) is 0 Å². The van der Waals surface area contributed by atoms with Crippen LogP contribution in [0.25, 0.3) is 0 Å². The first-order valence-corrected chi connectivity index (χ1v) is 7.32. The monoisotopic (exact) mass is 307 g/mol. The molecular formula is C16H21NO5. The van der Waals surface area contributed by atoms with Crippen LogP contribution in [0.15, 0.2) is 24.3 Å². The number of likely N-dealkylation sites (tertiary alicyclic amines) is 1. The maximum atomic E-state index is 12.2. The Morgan fingerprint density at radius 3 is 2.45 bits per heavy atom. The van der Waals surface area contributed by atoms with Crippen molar-refractivity contribution in [1.82, 2.24) is 4.90 Å². The van der Waals surface area contributed by atoms with E-state index in [-0.39, 0.29) is 19.1 Å². The highest BCUT2D eigenvalue weighted by atomic mass is 16.5. The number of benzene rings is 1. The summed E-state index contributed by atoms with van der Waals surface area (Å²) in [4.78, 5) is 24.9. The summed E-state index contributed by atoms with van der Waals surface area (Å²) >= 11 is 0. The van der Waals surface area contributed by atoms with Gasteiger partial charge in [0.15, 0.2) is 18.1 Å². The van der Waals surface area contributed by atoms with E-state index in [2.05, 4.69) is 0 Å². The number of hydrogen-bond donors (Lipinski definition) is 1. The number of para-hydroxylation sites is 2. The largest absolute Gasteiger partial charge is 0.490 e. The summed E-state index contributed by atoms with van der Waals surface area (Å²) in [6.45, 7) is 4.58. The minimum atomic E-state index is -0.870. The van der Waals surface area contributed by atoms with Gasteiger partial charge in [-0.25, -0.2) is 0 Å². The lowest BCUT2D eigenvalue weighted by molar-refractivity contribution is -0.147. The van der Waals surface area contributed by atoms with Crippen molar-refractivity contribution in [2.45, 2.75) is 20.3 Å². The van der Waals surface area contributed by atoms with Crippen LogP contribution in [-0.2, 0) is 9.59 Å². The first-order chi connectivity index (χ1) is 10.5. The smallest absolute Gasteiger partial charge is 0.311 e. The highest BCUT2D eigenvalue weighted by Crippen LogP contribution is 2.30. The van der Waals surface area contributed by atoms with Crippen LogP contribution in [0.1, 0.15) is 20.3 Å². The maximum absolute atomic E-state index is 12.2. The summed E-state index contributed by atoms with van der Waals surface area (Å²) < 4.78 is 11.0. The first-order valence-electron chi connectivity index (χ1n) is 7.32. The number of nitrogens with zero attached hydrogens (tertiary/aromatic N) is 1. The second-order valence-corrected chi connectivity index (χ2v) is 5.60. The van der Waals surface area contributed by atoms with Crippen molar-refractivity contribution in [2.75, 3.05) is 26.3 Å². The lowest BCUT2D eigenvalue weighted by Crippen LogP contribution is -2.37. The summed E-state index contributed by atoms with van der Waals surface area (Å²) in [5.74, 6) is 0.0224. The minimum Gasteiger partial charge on any atom is -0.490 e. The van der Waals surface area contributed by atoms with Gasteiger partial charge in [-0.1, -0.05) is 12.1 Å². The Morgan fingerprint density at radius 1 is 1.27 bits per heavy atom. The molecule has 1 saturated heterocycles. The van der Waals surface area contributed by atoms with Gasteiger partial charge in [0, 0.05) is 13.1 Å². The molecule has 2 rings (SSSR count). The second-order valence-electron chi connectivity index (χ2n) is 5.60. The molecule has 22 heavy (non-hydrogen) atoms. The maximum Gasteiger partial charge on any atom is 0.311 e. The van der Waals surface area contributed by atoms with Gasteiger partial charge in [-0.15, -0.1) is 0 Å². The Labute approximate surface area is 129 Å². The first kappa shape index (κ1) is 16.1. The van der Waals surface area contributed by atoms with Crippen molar-refractivity contribution in [1.29, 1.82) is 0 Å². The molecule has 0 aromatic heterocycles.